The van der Waals surface area contributed by atoms with Crippen molar-refractivity contribution in [2.24, 2.45) is 0 Å². The van der Waals surface area contributed by atoms with Crippen molar-refractivity contribution in [2.45, 2.75) is 45.4 Å². The van der Waals surface area contributed by atoms with Crippen molar-refractivity contribution in [3.63, 3.8) is 0 Å². The number of piperidine rings is 1. The number of rotatable bonds is 5. The lowest BCUT2D eigenvalue weighted by Gasteiger charge is -2.35. The summed E-state index contributed by atoms with van der Waals surface area (Å²) in [6, 6.07) is 11.7. The molecule has 0 aliphatic carbocycles. The number of aryl methyl sites for hydroxylation is 2. The third-order valence-corrected chi connectivity index (χ3v) is 6.53. The second-order valence-electron chi connectivity index (χ2n) is 9.09. The smallest absolute Gasteiger partial charge is 0.253 e. The van der Waals surface area contributed by atoms with Crippen LogP contribution in [-0.4, -0.2) is 54.4 Å². The number of fused-ring (bicyclic) bond motifs is 1. The monoisotopic (exact) mass is 462 g/mol. The van der Waals surface area contributed by atoms with Gasteiger partial charge in [0.2, 0.25) is 0 Å². The minimum absolute atomic E-state index is 0.188. The van der Waals surface area contributed by atoms with Gasteiger partial charge in [-0.3, -0.25) is 9.69 Å². The summed E-state index contributed by atoms with van der Waals surface area (Å²) in [7, 11) is 0. The summed E-state index contributed by atoms with van der Waals surface area (Å²) < 4.78 is 15.0. The van der Waals surface area contributed by atoms with Crippen LogP contribution >= 0.6 is 0 Å². The first-order valence-electron chi connectivity index (χ1n) is 11.5. The lowest BCUT2D eigenvalue weighted by atomic mass is 9.98. The highest BCUT2D eigenvalue weighted by molar-refractivity contribution is 5.83. The van der Waals surface area contributed by atoms with Crippen molar-refractivity contribution >= 4 is 10.9 Å². The third-order valence-electron chi connectivity index (χ3n) is 6.53. The van der Waals surface area contributed by atoms with Crippen LogP contribution in [0, 0.1) is 19.7 Å². The van der Waals surface area contributed by atoms with Crippen molar-refractivity contribution in [1.82, 2.24) is 30.1 Å². The van der Waals surface area contributed by atoms with E-state index < -0.39 is 6.04 Å². The second-order valence-corrected chi connectivity index (χ2v) is 9.09. The Hall–Kier alpha value is -3.43. The summed E-state index contributed by atoms with van der Waals surface area (Å²) in [5.74, 6) is 0.230. The van der Waals surface area contributed by atoms with E-state index in [0.717, 1.165) is 27.6 Å². The quantitative estimate of drug-likeness (QED) is 0.473. The third kappa shape index (κ3) is 4.36. The Kier molecular flexibility index (Phi) is 5.97. The van der Waals surface area contributed by atoms with Gasteiger partial charge in [0.25, 0.3) is 5.56 Å². The van der Waals surface area contributed by atoms with E-state index in [-0.39, 0.29) is 17.5 Å². The molecule has 1 atom stereocenters. The first-order valence-corrected chi connectivity index (χ1v) is 11.5. The van der Waals surface area contributed by atoms with Gasteiger partial charge < -0.3 is 10.1 Å². The van der Waals surface area contributed by atoms with E-state index in [0.29, 0.717) is 43.9 Å². The number of likely N-dealkylation sites (tertiary alicyclic amines) is 1. The number of aromatic nitrogens is 5. The zero-order chi connectivity index (χ0) is 23.8. The van der Waals surface area contributed by atoms with Gasteiger partial charge in [-0.05, 0) is 77.9 Å². The van der Waals surface area contributed by atoms with Crippen LogP contribution in [-0.2, 0) is 6.54 Å². The number of H-pyrrole nitrogens is 1. The molecule has 2 aromatic carbocycles. The number of nitrogens with one attached hydrogen (secondary N) is 1. The number of halogens is 1. The molecule has 0 spiro atoms. The summed E-state index contributed by atoms with van der Waals surface area (Å²) >= 11 is 0. The molecule has 2 aromatic heterocycles. The highest BCUT2D eigenvalue weighted by atomic mass is 19.1. The van der Waals surface area contributed by atoms with Gasteiger partial charge in [-0.15, -0.1) is 5.10 Å². The van der Waals surface area contributed by atoms with Crippen molar-refractivity contribution in [3.8, 4) is 0 Å². The van der Waals surface area contributed by atoms with Crippen LogP contribution in [0.3, 0.4) is 0 Å². The number of hydrogen-bond donors (Lipinski definition) is 2. The normalized spacial score (nSPS) is 16.2. The van der Waals surface area contributed by atoms with Crippen molar-refractivity contribution < 1.29 is 9.50 Å². The lowest BCUT2D eigenvalue weighted by Crippen LogP contribution is -2.41. The highest BCUT2D eigenvalue weighted by Gasteiger charge is 2.33. The molecule has 0 amide bonds. The van der Waals surface area contributed by atoms with E-state index >= 15 is 0 Å². The zero-order valence-corrected chi connectivity index (χ0v) is 19.2. The van der Waals surface area contributed by atoms with Gasteiger partial charge in [-0.2, -0.15) is 0 Å². The first-order chi connectivity index (χ1) is 16.4. The molecular formula is C25H27FN6O2. The molecule has 0 unspecified atom stereocenters. The summed E-state index contributed by atoms with van der Waals surface area (Å²) in [6.45, 7) is 5.58. The Bertz CT molecular complexity index is 1370. The summed E-state index contributed by atoms with van der Waals surface area (Å²) in [4.78, 5) is 18.6. The number of aromatic amines is 1. The molecule has 34 heavy (non-hydrogen) atoms. The number of aliphatic hydroxyl groups excluding tert-OH is 1. The van der Waals surface area contributed by atoms with Gasteiger partial charge in [0.15, 0.2) is 5.82 Å². The van der Waals surface area contributed by atoms with Crippen LogP contribution in [0.5, 0.6) is 0 Å². The van der Waals surface area contributed by atoms with E-state index in [4.69, 9.17) is 0 Å². The predicted molar refractivity (Wildman–Crippen MR) is 126 cm³/mol. The average Bonchev–Trinajstić information content (AvgIpc) is 3.25. The topological polar surface area (TPSA) is 99.9 Å². The minimum atomic E-state index is -0.489. The van der Waals surface area contributed by atoms with Crippen LogP contribution in [0.2, 0.25) is 0 Å². The molecule has 176 valence electrons. The predicted octanol–water partition coefficient (Wildman–Crippen LogP) is 2.86. The van der Waals surface area contributed by atoms with Crippen molar-refractivity contribution in [2.75, 3.05) is 13.1 Å². The van der Waals surface area contributed by atoms with Crippen LogP contribution in [0.15, 0.2) is 47.3 Å². The Morgan fingerprint density at radius 1 is 1.15 bits per heavy atom. The number of benzene rings is 2. The number of tetrazole rings is 1. The molecule has 4 aromatic rings. The molecule has 0 radical (unpaired) electrons. The maximum Gasteiger partial charge on any atom is 0.253 e. The van der Waals surface area contributed by atoms with E-state index in [2.05, 4.69) is 31.5 Å². The van der Waals surface area contributed by atoms with Crippen LogP contribution in [0.4, 0.5) is 4.39 Å². The highest BCUT2D eigenvalue weighted by Crippen LogP contribution is 2.30. The summed E-state index contributed by atoms with van der Waals surface area (Å²) in [5.41, 5.74) is 4.16. The van der Waals surface area contributed by atoms with Gasteiger partial charge in [-0.25, -0.2) is 9.07 Å². The molecule has 9 heteroatoms. The minimum Gasteiger partial charge on any atom is -0.393 e. The molecule has 2 N–H and O–H groups in total. The summed E-state index contributed by atoms with van der Waals surface area (Å²) in [5, 5.41) is 23.4. The van der Waals surface area contributed by atoms with E-state index in [9.17, 15) is 14.3 Å². The molecule has 0 bridgehead atoms. The number of hydrogen-bond acceptors (Lipinski definition) is 6. The lowest BCUT2D eigenvalue weighted by molar-refractivity contribution is 0.0659. The fraction of sp³-hybridized carbons (Fsp3) is 0.360. The number of aliphatic hydroxyl groups is 1. The Balaban J connectivity index is 1.62. The molecule has 5 rings (SSSR count). The molecule has 1 aliphatic rings. The number of nitrogens with zero attached hydrogens (tertiary/aromatic N) is 5. The standard InChI is InChI=1S/C25H27FN6O2/c1-15-11-16(2)22-18(12-15)13-21(25(34)27-22)23(31-9-7-20(33)8-10-31)24-28-29-30-32(24)14-17-3-5-19(26)6-4-17/h3-6,11-13,20,23,33H,7-10,14H2,1-2H3,(H,27,34)/t23-/m1/s1. The zero-order valence-electron chi connectivity index (χ0n) is 19.2. The van der Waals surface area contributed by atoms with E-state index in [1.165, 1.54) is 12.1 Å². The Morgan fingerprint density at radius 2 is 1.88 bits per heavy atom. The maximum absolute atomic E-state index is 13.4. The Labute approximate surface area is 196 Å². The molecule has 1 fully saturated rings. The summed E-state index contributed by atoms with van der Waals surface area (Å²) in [6.07, 6.45) is 0.867. The van der Waals surface area contributed by atoms with Crippen molar-refractivity contribution in [1.29, 1.82) is 0 Å². The van der Waals surface area contributed by atoms with Gasteiger partial charge in [0.05, 0.1) is 18.2 Å². The van der Waals surface area contributed by atoms with Gasteiger partial charge >= 0.3 is 0 Å². The molecule has 8 nitrogen and oxygen atoms in total. The molecule has 1 aliphatic heterocycles. The number of pyridine rings is 1. The molecule has 0 saturated carbocycles. The second kappa shape index (κ2) is 9.08. The fourth-order valence-electron chi connectivity index (χ4n) is 4.83. The van der Waals surface area contributed by atoms with E-state index in [1.807, 2.05) is 26.0 Å². The molecule has 1 saturated heterocycles. The van der Waals surface area contributed by atoms with Crippen LogP contribution in [0.1, 0.15) is 47.0 Å². The van der Waals surface area contributed by atoms with Gasteiger partial charge in [0.1, 0.15) is 11.9 Å². The SMILES string of the molecule is Cc1cc(C)c2[nH]c(=O)c([C@H](c3nnnn3Cc3ccc(F)cc3)N3CCC(O)CC3)cc2c1. The maximum atomic E-state index is 13.4. The van der Waals surface area contributed by atoms with Crippen molar-refractivity contribution in [3.05, 3.63) is 86.7 Å². The van der Waals surface area contributed by atoms with Gasteiger partial charge in [0, 0.05) is 18.7 Å². The Morgan fingerprint density at radius 3 is 2.62 bits per heavy atom. The van der Waals surface area contributed by atoms with Crippen LogP contribution < -0.4 is 5.56 Å². The largest absolute Gasteiger partial charge is 0.393 e. The first kappa shape index (κ1) is 22.4. The fourth-order valence-corrected chi connectivity index (χ4v) is 4.83. The van der Waals surface area contributed by atoms with Crippen LogP contribution in [0.25, 0.3) is 10.9 Å². The van der Waals surface area contributed by atoms with Gasteiger partial charge in [-0.1, -0.05) is 23.8 Å². The van der Waals surface area contributed by atoms with E-state index in [1.54, 1.807) is 16.8 Å². The molecular weight excluding hydrogens is 435 g/mol. The molecule has 3 heterocycles. The average molecular weight is 463 g/mol.